The lowest BCUT2D eigenvalue weighted by Crippen LogP contribution is -2.47. The molecule has 2 aliphatic rings. The molecule has 2 saturated carbocycles. The first-order chi connectivity index (χ1) is 13.7. The highest BCUT2D eigenvalue weighted by Gasteiger charge is 2.42. The van der Waals surface area contributed by atoms with Gasteiger partial charge in [-0.15, -0.1) is 5.10 Å². The number of benzene rings is 1. The van der Waals surface area contributed by atoms with Crippen LogP contribution in [0.25, 0.3) is 0 Å². The predicted molar refractivity (Wildman–Crippen MR) is 105 cm³/mol. The van der Waals surface area contributed by atoms with Crippen molar-refractivity contribution in [1.29, 1.82) is 0 Å². The number of carbonyl (C=O) groups excluding carboxylic acids is 2. The predicted octanol–water partition coefficient (Wildman–Crippen LogP) is 2.95. The van der Waals surface area contributed by atoms with Crippen LogP contribution in [-0.2, 0) is 4.79 Å². The molecule has 0 unspecified atom stereocenters. The van der Waals surface area contributed by atoms with Crippen LogP contribution >= 0.6 is 11.5 Å². The maximum atomic E-state index is 13.3. The van der Waals surface area contributed by atoms with Crippen molar-refractivity contribution < 1.29 is 14.3 Å². The van der Waals surface area contributed by atoms with Gasteiger partial charge >= 0.3 is 0 Å². The Bertz CT molecular complexity index is 814. The van der Waals surface area contributed by atoms with Gasteiger partial charge in [0.05, 0.1) is 7.11 Å². The van der Waals surface area contributed by atoms with Crippen molar-refractivity contribution in [3.8, 4) is 5.75 Å². The molecule has 1 N–H and O–H groups in total. The van der Waals surface area contributed by atoms with Crippen LogP contribution < -0.4 is 10.1 Å². The van der Waals surface area contributed by atoms with Crippen LogP contribution in [0.15, 0.2) is 29.6 Å². The highest BCUT2D eigenvalue weighted by molar-refractivity contribution is 7.03. The molecule has 2 amide bonds. The van der Waals surface area contributed by atoms with Crippen LogP contribution in [-0.4, -0.2) is 45.5 Å². The molecule has 148 valence electrons. The summed E-state index contributed by atoms with van der Waals surface area (Å²) in [6.45, 7) is 0. The molecule has 1 atom stereocenters. The van der Waals surface area contributed by atoms with Gasteiger partial charge in [-0.2, -0.15) is 0 Å². The molecule has 4 rings (SSSR count). The first-order valence-corrected chi connectivity index (χ1v) is 10.5. The number of hydrogen-bond donors (Lipinski definition) is 1. The Balaban J connectivity index is 1.67. The summed E-state index contributed by atoms with van der Waals surface area (Å²) < 4.78 is 9.06. The van der Waals surface area contributed by atoms with Crippen LogP contribution in [0.4, 0.5) is 0 Å². The van der Waals surface area contributed by atoms with E-state index < -0.39 is 6.04 Å². The summed E-state index contributed by atoms with van der Waals surface area (Å²) in [5.41, 5.74) is 1.07. The largest absolute Gasteiger partial charge is 0.497 e. The number of nitrogens with zero attached hydrogens (tertiary/aromatic N) is 3. The van der Waals surface area contributed by atoms with Crippen molar-refractivity contribution in [3.05, 3.63) is 40.9 Å². The second-order valence-corrected chi connectivity index (χ2v) is 8.01. The molecule has 0 radical (unpaired) electrons. The summed E-state index contributed by atoms with van der Waals surface area (Å²) in [5.74, 6) is 0.353. The van der Waals surface area contributed by atoms with Crippen molar-refractivity contribution in [2.75, 3.05) is 7.11 Å². The van der Waals surface area contributed by atoms with Gasteiger partial charge in [0.1, 0.15) is 11.8 Å². The molecule has 2 aromatic rings. The molecule has 2 aliphatic carbocycles. The monoisotopic (exact) mass is 400 g/mol. The summed E-state index contributed by atoms with van der Waals surface area (Å²) in [4.78, 5) is 28.2. The smallest absolute Gasteiger partial charge is 0.276 e. The van der Waals surface area contributed by atoms with E-state index >= 15 is 0 Å². The molecule has 8 heteroatoms. The highest BCUT2D eigenvalue weighted by atomic mass is 32.1. The minimum atomic E-state index is -0.687. The Kier molecular flexibility index (Phi) is 5.57. The second kappa shape index (κ2) is 8.26. The number of aromatic nitrogens is 2. The average Bonchev–Trinajstić information content (AvgIpc) is 3.17. The van der Waals surface area contributed by atoms with Crippen molar-refractivity contribution in [2.45, 2.75) is 56.7 Å². The molecule has 28 heavy (non-hydrogen) atoms. The lowest BCUT2D eigenvalue weighted by molar-refractivity contribution is -0.126. The van der Waals surface area contributed by atoms with E-state index in [4.69, 9.17) is 4.74 Å². The van der Waals surface area contributed by atoms with Crippen molar-refractivity contribution in [2.24, 2.45) is 0 Å². The maximum Gasteiger partial charge on any atom is 0.276 e. The lowest BCUT2D eigenvalue weighted by Gasteiger charge is -2.32. The van der Waals surface area contributed by atoms with Crippen LogP contribution in [0.5, 0.6) is 5.75 Å². The Hall–Kier alpha value is -2.48. The minimum Gasteiger partial charge on any atom is -0.497 e. The van der Waals surface area contributed by atoms with Crippen LogP contribution in [0.1, 0.15) is 60.6 Å². The molecule has 1 heterocycles. The molecular formula is C20H24N4O3S. The van der Waals surface area contributed by atoms with Crippen molar-refractivity contribution in [3.63, 3.8) is 0 Å². The third-order valence-electron chi connectivity index (χ3n) is 5.41. The van der Waals surface area contributed by atoms with E-state index in [9.17, 15) is 9.59 Å². The standard InChI is InChI=1S/C20H24N4O3S/c1-27-16-10-6-13(7-11-16)18(19(25)21-14-4-2-3-5-14)24(15-8-9-15)20(26)17-12-28-23-22-17/h6-7,10-12,14-15,18H,2-5,8-9H2,1H3,(H,21,25)/t18-/m1/s1. The molecule has 2 fully saturated rings. The molecule has 1 aromatic heterocycles. The number of rotatable bonds is 7. The third kappa shape index (κ3) is 4.01. The van der Waals surface area contributed by atoms with Gasteiger partial charge in [0.15, 0.2) is 5.69 Å². The third-order valence-corrected chi connectivity index (χ3v) is 5.92. The Morgan fingerprint density at radius 1 is 1.18 bits per heavy atom. The van der Waals surface area contributed by atoms with Crippen molar-refractivity contribution >= 4 is 23.3 Å². The molecule has 0 spiro atoms. The van der Waals surface area contributed by atoms with E-state index in [0.29, 0.717) is 11.4 Å². The van der Waals surface area contributed by atoms with E-state index in [1.54, 1.807) is 17.4 Å². The van der Waals surface area contributed by atoms with Gasteiger partial charge in [-0.1, -0.05) is 29.5 Å². The van der Waals surface area contributed by atoms with E-state index in [-0.39, 0.29) is 23.9 Å². The number of carbonyl (C=O) groups is 2. The zero-order valence-electron chi connectivity index (χ0n) is 15.8. The van der Waals surface area contributed by atoms with Crippen LogP contribution in [0.3, 0.4) is 0 Å². The van der Waals surface area contributed by atoms with E-state index in [2.05, 4.69) is 14.9 Å². The molecule has 0 bridgehead atoms. The quantitative estimate of drug-likeness (QED) is 0.772. The Morgan fingerprint density at radius 2 is 1.89 bits per heavy atom. The summed E-state index contributed by atoms with van der Waals surface area (Å²) in [7, 11) is 1.61. The SMILES string of the molecule is COc1ccc([C@H](C(=O)NC2CCCC2)N(C(=O)c2csnn2)C2CC2)cc1. The number of amides is 2. The molecule has 0 saturated heterocycles. The van der Waals surface area contributed by atoms with E-state index in [1.807, 2.05) is 24.3 Å². The van der Waals surface area contributed by atoms with Crippen LogP contribution in [0.2, 0.25) is 0 Å². The molecular weight excluding hydrogens is 376 g/mol. The molecule has 1 aromatic carbocycles. The summed E-state index contributed by atoms with van der Waals surface area (Å²) in [6, 6.07) is 6.92. The van der Waals surface area contributed by atoms with Crippen LogP contribution in [0, 0.1) is 0 Å². The topological polar surface area (TPSA) is 84.4 Å². The summed E-state index contributed by atoms with van der Waals surface area (Å²) in [5, 5.41) is 8.75. The van der Waals surface area contributed by atoms with Gasteiger partial charge < -0.3 is 15.0 Å². The number of ether oxygens (including phenoxy) is 1. The molecule has 0 aliphatic heterocycles. The van der Waals surface area contributed by atoms with Crippen molar-refractivity contribution in [1.82, 2.24) is 19.8 Å². The zero-order valence-corrected chi connectivity index (χ0v) is 16.7. The summed E-state index contributed by atoms with van der Waals surface area (Å²) >= 11 is 1.14. The van der Waals surface area contributed by atoms with Gasteiger partial charge in [-0.25, -0.2) is 0 Å². The summed E-state index contributed by atoms with van der Waals surface area (Å²) in [6.07, 6.45) is 6.05. The lowest BCUT2D eigenvalue weighted by atomic mass is 10.0. The number of methoxy groups -OCH3 is 1. The fourth-order valence-electron chi connectivity index (χ4n) is 3.81. The minimum absolute atomic E-state index is 0.0515. The van der Waals surface area contributed by atoms with E-state index in [0.717, 1.165) is 55.6 Å². The van der Waals surface area contributed by atoms with E-state index in [1.165, 1.54) is 0 Å². The average molecular weight is 401 g/mol. The Labute approximate surface area is 168 Å². The number of nitrogens with one attached hydrogen (secondary N) is 1. The van der Waals surface area contributed by atoms with Gasteiger partial charge in [0.25, 0.3) is 5.91 Å². The molecule has 7 nitrogen and oxygen atoms in total. The van der Waals surface area contributed by atoms with Gasteiger partial charge in [-0.05, 0) is 54.9 Å². The fourth-order valence-corrected chi connectivity index (χ4v) is 4.24. The fraction of sp³-hybridized carbons (Fsp3) is 0.500. The first kappa shape index (κ1) is 18.9. The van der Waals surface area contributed by atoms with Gasteiger partial charge in [-0.3, -0.25) is 9.59 Å². The van der Waals surface area contributed by atoms with Gasteiger partial charge in [0.2, 0.25) is 5.91 Å². The highest BCUT2D eigenvalue weighted by Crippen LogP contribution is 2.36. The second-order valence-electron chi connectivity index (χ2n) is 7.40. The normalized spacial score (nSPS) is 17.9. The maximum absolute atomic E-state index is 13.3. The van der Waals surface area contributed by atoms with Gasteiger partial charge in [0, 0.05) is 17.5 Å². The number of hydrogen-bond acceptors (Lipinski definition) is 6. The first-order valence-electron chi connectivity index (χ1n) is 9.71. The Morgan fingerprint density at radius 3 is 2.46 bits per heavy atom. The zero-order chi connectivity index (χ0) is 19.5.